The van der Waals surface area contributed by atoms with Crippen LogP contribution < -0.4 is 0 Å². The summed E-state index contributed by atoms with van der Waals surface area (Å²) in [4.78, 5) is 24.9. The van der Waals surface area contributed by atoms with E-state index in [1.807, 2.05) is 0 Å². The highest BCUT2D eigenvalue weighted by atomic mass is 16.7. The molecule has 0 aromatic carbocycles. The molecule has 0 unspecified atom stereocenters. The molecule has 17 heavy (non-hydrogen) atoms. The van der Waals surface area contributed by atoms with Crippen molar-refractivity contribution in [1.82, 2.24) is 14.8 Å². The number of aromatic nitrogens is 3. The summed E-state index contributed by atoms with van der Waals surface area (Å²) < 4.78 is 11.7. The van der Waals surface area contributed by atoms with Crippen molar-refractivity contribution in [3.05, 3.63) is 16.4 Å². The van der Waals surface area contributed by atoms with Crippen molar-refractivity contribution < 1.29 is 19.2 Å². The van der Waals surface area contributed by atoms with Gasteiger partial charge in [-0.1, -0.05) is 4.98 Å². The SMILES string of the molecule is O=C1C[C@H](n2cnc([N+](=O)[O-])n2)[C@H]2CO[C@@H]1O2. The van der Waals surface area contributed by atoms with Gasteiger partial charge in [0.15, 0.2) is 5.78 Å². The molecule has 3 rings (SSSR count). The molecule has 2 aliphatic rings. The average Bonchev–Trinajstić information content (AvgIpc) is 2.93. The van der Waals surface area contributed by atoms with Crippen LogP contribution in [0.1, 0.15) is 12.5 Å². The summed E-state index contributed by atoms with van der Waals surface area (Å²) in [7, 11) is 0. The van der Waals surface area contributed by atoms with E-state index in [2.05, 4.69) is 10.1 Å². The molecule has 3 heterocycles. The number of rotatable bonds is 2. The van der Waals surface area contributed by atoms with Crippen LogP contribution >= 0.6 is 0 Å². The van der Waals surface area contributed by atoms with Crippen molar-refractivity contribution in [3.8, 4) is 0 Å². The number of carbonyl (C=O) groups is 1. The van der Waals surface area contributed by atoms with Gasteiger partial charge in [-0.15, -0.1) is 0 Å². The molecule has 1 aromatic heterocycles. The molecule has 9 nitrogen and oxygen atoms in total. The van der Waals surface area contributed by atoms with Crippen molar-refractivity contribution in [1.29, 1.82) is 0 Å². The largest absolute Gasteiger partial charge is 0.490 e. The van der Waals surface area contributed by atoms with E-state index in [-0.39, 0.29) is 31.0 Å². The quantitative estimate of drug-likeness (QED) is 0.503. The summed E-state index contributed by atoms with van der Waals surface area (Å²) in [5.74, 6) is -0.666. The fourth-order valence-corrected chi connectivity index (χ4v) is 2.00. The first-order chi connectivity index (χ1) is 8.15. The Morgan fingerprint density at radius 1 is 1.59 bits per heavy atom. The Morgan fingerprint density at radius 2 is 2.41 bits per heavy atom. The van der Waals surface area contributed by atoms with Gasteiger partial charge in [0.1, 0.15) is 12.1 Å². The van der Waals surface area contributed by atoms with Crippen LogP contribution in [0.4, 0.5) is 5.95 Å². The van der Waals surface area contributed by atoms with Crippen molar-refractivity contribution in [2.75, 3.05) is 6.61 Å². The topological polar surface area (TPSA) is 109 Å². The molecular weight excluding hydrogens is 232 g/mol. The summed E-state index contributed by atoms with van der Waals surface area (Å²) in [6, 6.07) is -0.387. The van der Waals surface area contributed by atoms with Crippen molar-refractivity contribution in [2.24, 2.45) is 0 Å². The second-order valence-electron chi connectivity index (χ2n) is 3.86. The van der Waals surface area contributed by atoms with E-state index in [4.69, 9.17) is 9.47 Å². The van der Waals surface area contributed by atoms with Gasteiger partial charge in [-0.2, -0.15) is 4.68 Å². The molecule has 1 aromatic rings. The fourth-order valence-electron chi connectivity index (χ4n) is 2.00. The number of Topliss-reactive ketones (excluding diaryl/α,β-unsaturated/α-hetero) is 1. The smallest absolute Gasteiger partial charge is 0.390 e. The zero-order valence-electron chi connectivity index (χ0n) is 8.55. The van der Waals surface area contributed by atoms with E-state index in [0.717, 1.165) is 0 Å². The number of fused-ring (bicyclic) bond motifs is 2. The third kappa shape index (κ3) is 1.59. The minimum atomic E-state index is -0.783. The molecule has 3 atom stereocenters. The van der Waals surface area contributed by atoms with Crippen molar-refractivity contribution in [2.45, 2.75) is 24.9 Å². The lowest BCUT2D eigenvalue weighted by Gasteiger charge is -2.24. The Labute approximate surface area is 94.5 Å². The maximum atomic E-state index is 11.5. The van der Waals surface area contributed by atoms with E-state index >= 15 is 0 Å². The third-order valence-corrected chi connectivity index (χ3v) is 2.81. The van der Waals surface area contributed by atoms with Crippen LogP contribution in [-0.4, -0.2) is 44.5 Å². The molecule has 0 aliphatic carbocycles. The number of ketones is 1. The van der Waals surface area contributed by atoms with Crippen LogP contribution in [0.3, 0.4) is 0 Å². The van der Waals surface area contributed by atoms with Gasteiger partial charge in [-0.25, -0.2) is 0 Å². The van der Waals surface area contributed by atoms with E-state index in [1.165, 1.54) is 11.0 Å². The number of carbonyl (C=O) groups excluding carboxylic acids is 1. The second kappa shape index (κ2) is 3.57. The number of ether oxygens (including phenoxy) is 2. The summed E-state index contributed by atoms with van der Waals surface area (Å²) in [5.41, 5.74) is 0. The number of hydrogen-bond acceptors (Lipinski definition) is 7. The summed E-state index contributed by atoms with van der Waals surface area (Å²) >= 11 is 0. The molecule has 2 saturated heterocycles. The minimum Gasteiger partial charge on any atom is -0.390 e. The monoisotopic (exact) mass is 240 g/mol. The molecule has 0 saturated carbocycles. The lowest BCUT2D eigenvalue weighted by Crippen LogP contribution is -2.37. The predicted octanol–water partition coefficient (Wildman–Crippen LogP) is -0.558. The fraction of sp³-hybridized carbons (Fsp3) is 0.625. The maximum absolute atomic E-state index is 11.5. The molecule has 0 spiro atoms. The lowest BCUT2D eigenvalue weighted by molar-refractivity contribution is -0.394. The van der Waals surface area contributed by atoms with Crippen LogP contribution in [0.15, 0.2) is 6.33 Å². The van der Waals surface area contributed by atoms with Crippen LogP contribution in [0, 0.1) is 10.1 Å². The number of hydrogen-bond donors (Lipinski definition) is 0. The number of nitrogens with zero attached hydrogens (tertiary/aromatic N) is 4. The van der Waals surface area contributed by atoms with Crippen molar-refractivity contribution >= 4 is 11.7 Å². The lowest BCUT2D eigenvalue weighted by atomic mass is 10.0. The van der Waals surface area contributed by atoms with Crippen LogP contribution in [0.2, 0.25) is 0 Å². The molecule has 9 heteroatoms. The van der Waals surface area contributed by atoms with E-state index in [0.29, 0.717) is 0 Å². The predicted molar refractivity (Wildman–Crippen MR) is 50.0 cm³/mol. The van der Waals surface area contributed by atoms with E-state index in [1.54, 1.807) is 0 Å². The summed E-state index contributed by atoms with van der Waals surface area (Å²) in [6.07, 6.45) is 0.335. The normalized spacial score (nSPS) is 31.8. The molecule has 90 valence electrons. The average molecular weight is 240 g/mol. The Morgan fingerprint density at radius 3 is 3.12 bits per heavy atom. The van der Waals surface area contributed by atoms with Crippen LogP contribution in [0.5, 0.6) is 0 Å². The highest BCUT2D eigenvalue weighted by molar-refractivity contribution is 5.83. The first-order valence-corrected chi connectivity index (χ1v) is 5.00. The van der Waals surface area contributed by atoms with Crippen molar-refractivity contribution in [3.63, 3.8) is 0 Å². The highest BCUT2D eigenvalue weighted by Gasteiger charge is 2.45. The van der Waals surface area contributed by atoms with Crippen LogP contribution in [0.25, 0.3) is 0 Å². The second-order valence-corrected chi connectivity index (χ2v) is 3.86. The molecule has 0 amide bonds. The van der Waals surface area contributed by atoms with Gasteiger partial charge in [-0.3, -0.25) is 4.79 Å². The first kappa shape index (κ1) is 10.3. The van der Waals surface area contributed by atoms with Gasteiger partial charge in [-0.05, 0) is 4.92 Å². The zero-order chi connectivity index (χ0) is 12.0. The van der Waals surface area contributed by atoms with Gasteiger partial charge in [0, 0.05) is 11.5 Å². The summed E-state index contributed by atoms with van der Waals surface area (Å²) in [5, 5.41) is 14.2. The molecule has 2 bridgehead atoms. The highest BCUT2D eigenvalue weighted by Crippen LogP contribution is 2.32. The first-order valence-electron chi connectivity index (χ1n) is 5.00. The van der Waals surface area contributed by atoms with E-state index < -0.39 is 17.2 Å². The zero-order valence-corrected chi connectivity index (χ0v) is 8.55. The molecular formula is C8H8N4O5. The van der Waals surface area contributed by atoms with Gasteiger partial charge in [0.05, 0.1) is 6.61 Å². The molecule has 2 fully saturated rings. The van der Waals surface area contributed by atoms with E-state index in [9.17, 15) is 14.9 Å². The minimum absolute atomic E-state index is 0.179. The third-order valence-electron chi connectivity index (χ3n) is 2.81. The van der Waals surface area contributed by atoms with Crippen LogP contribution in [-0.2, 0) is 14.3 Å². The summed E-state index contributed by atoms with van der Waals surface area (Å²) in [6.45, 7) is 0.286. The van der Waals surface area contributed by atoms with Gasteiger partial charge < -0.3 is 19.6 Å². The Bertz CT molecular complexity index is 486. The molecule has 2 aliphatic heterocycles. The Balaban J connectivity index is 1.87. The molecule has 0 N–H and O–H groups in total. The van der Waals surface area contributed by atoms with Gasteiger partial charge in [0.25, 0.3) is 0 Å². The number of nitro groups is 1. The van der Waals surface area contributed by atoms with Gasteiger partial charge in [0.2, 0.25) is 12.6 Å². The molecule has 0 radical (unpaired) electrons. The maximum Gasteiger partial charge on any atom is 0.490 e. The Hall–Kier alpha value is -1.87. The van der Waals surface area contributed by atoms with Gasteiger partial charge >= 0.3 is 5.95 Å². The standard InChI is InChI=1S/C8H8N4O5/c13-5-1-4(6-2-16-7(5)17-6)11-3-9-8(10-11)12(14)15/h3-4,6-7H,1-2H2/t4-,6+,7+/m0/s1. The Kier molecular flexibility index (Phi) is 2.16.